The second kappa shape index (κ2) is 6.52. The minimum Gasteiger partial charge on any atom is -0.271 e. The van der Waals surface area contributed by atoms with Crippen molar-refractivity contribution >= 4 is 15.9 Å². The Labute approximate surface area is 112 Å². The van der Waals surface area contributed by atoms with Crippen molar-refractivity contribution in [2.24, 2.45) is 18.8 Å². The van der Waals surface area contributed by atoms with Crippen molar-refractivity contribution < 1.29 is 0 Å². The van der Waals surface area contributed by atoms with Crippen LogP contribution in [0.3, 0.4) is 0 Å². The van der Waals surface area contributed by atoms with Gasteiger partial charge in [0.1, 0.15) is 0 Å². The van der Waals surface area contributed by atoms with Gasteiger partial charge in [0.15, 0.2) is 0 Å². The molecule has 17 heavy (non-hydrogen) atoms. The summed E-state index contributed by atoms with van der Waals surface area (Å²) in [5.41, 5.74) is 5.15. The Bertz CT molecular complexity index is 362. The molecule has 0 aromatic carbocycles. The highest BCUT2D eigenvalue weighted by Crippen LogP contribution is 2.23. The van der Waals surface area contributed by atoms with Crippen LogP contribution in [-0.2, 0) is 13.5 Å². The number of hydrogen-bond donors (Lipinski definition) is 2. The Kier molecular flexibility index (Phi) is 5.62. The first-order valence-electron chi connectivity index (χ1n) is 6.13. The molecule has 3 N–H and O–H groups in total. The number of nitrogens with two attached hydrogens (primary N) is 1. The third-order valence-corrected chi connectivity index (χ3v) is 4.35. The van der Waals surface area contributed by atoms with Crippen molar-refractivity contribution in [1.82, 2.24) is 15.2 Å². The maximum atomic E-state index is 5.64. The average molecular weight is 303 g/mol. The lowest BCUT2D eigenvalue weighted by molar-refractivity contribution is 0.390. The first-order chi connectivity index (χ1) is 7.99. The highest BCUT2D eigenvalue weighted by atomic mass is 79.9. The standard InChI is InChI=1S/C12H23BrN4/c1-5-8(2)6-10(15-14)7-11-12(13)9(3)16-17(11)4/h8,10,15H,5-7,14H2,1-4H3. The summed E-state index contributed by atoms with van der Waals surface area (Å²) in [5, 5.41) is 4.40. The molecule has 0 saturated carbocycles. The van der Waals surface area contributed by atoms with E-state index >= 15 is 0 Å². The van der Waals surface area contributed by atoms with Crippen molar-refractivity contribution in [3.63, 3.8) is 0 Å². The van der Waals surface area contributed by atoms with E-state index in [1.165, 1.54) is 12.1 Å². The molecule has 0 radical (unpaired) electrons. The lowest BCUT2D eigenvalue weighted by Crippen LogP contribution is -2.38. The van der Waals surface area contributed by atoms with E-state index in [1.807, 2.05) is 18.7 Å². The number of halogens is 1. The molecule has 1 aromatic rings. The van der Waals surface area contributed by atoms with Gasteiger partial charge in [0.2, 0.25) is 0 Å². The van der Waals surface area contributed by atoms with Gasteiger partial charge in [0, 0.05) is 19.5 Å². The number of rotatable bonds is 6. The van der Waals surface area contributed by atoms with Crippen molar-refractivity contribution in [3.05, 3.63) is 15.9 Å². The molecule has 5 heteroatoms. The monoisotopic (exact) mass is 302 g/mol. The summed E-state index contributed by atoms with van der Waals surface area (Å²) in [6.45, 7) is 6.48. The van der Waals surface area contributed by atoms with Crippen molar-refractivity contribution in [1.29, 1.82) is 0 Å². The Balaban J connectivity index is 2.73. The topological polar surface area (TPSA) is 55.9 Å². The maximum Gasteiger partial charge on any atom is 0.0738 e. The van der Waals surface area contributed by atoms with Crippen LogP contribution < -0.4 is 11.3 Å². The largest absolute Gasteiger partial charge is 0.271 e. The molecule has 0 bridgehead atoms. The van der Waals surface area contributed by atoms with Crippen molar-refractivity contribution in [3.8, 4) is 0 Å². The average Bonchev–Trinajstić information content (AvgIpc) is 2.54. The smallest absolute Gasteiger partial charge is 0.0738 e. The minimum absolute atomic E-state index is 0.302. The first kappa shape index (κ1) is 14.7. The van der Waals surface area contributed by atoms with Gasteiger partial charge in [-0.2, -0.15) is 5.10 Å². The van der Waals surface area contributed by atoms with E-state index in [0.717, 1.165) is 23.0 Å². The Morgan fingerprint density at radius 2 is 2.18 bits per heavy atom. The summed E-state index contributed by atoms with van der Waals surface area (Å²) in [4.78, 5) is 0. The zero-order valence-corrected chi connectivity index (χ0v) is 12.7. The van der Waals surface area contributed by atoms with E-state index in [-0.39, 0.29) is 0 Å². The predicted octanol–water partition coefficient (Wildman–Crippen LogP) is 2.30. The molecule has 0 spiro atoms. The van der Waals surface area contributed by atoms with E-state index in [9.17, 15) is 0 Å². The number of nitrogens with one attached hydrogen (secondary N) is 1. The summed E-state index contributed by atoms with van der Waals surface area (Å²) in [5.74, 6) is 6.32. The van der Waals surface area contributed by atoms with E-state index in [1.54, 1.807) is 0 Å². The van der Waals surface area contributed by atoms with E-state index in [4.69, 9.17) is 5.84 Å². The van der Waals surface area contributed by atoms with Crippen LogP contribution >= 0.6 is 15.9 Å². The molecule has 98 valence electrons. The lowest BCUT2D eigenvalue weighted by Gasteiger charge is -2.19. The molecule has 1 aromatic heterocycles. The molecular weight excluding hydrogens is 280 g/mol. The summed E-state index contributed by atoms with van der Waals surface area (Å²) in [6.07, 6.45) is 3.17. The number of hydrogen-bond acceptors (Lipinski definition) is 3. The van der Waals surface area contributed by atoms with Gasteiger partial charge in [0.05, 0.1) is 15.9 Å². The maximum absolute atomic E-state index is 5.64. The SMILES string of the molecule is CCC(C)CC(Cc1c(Br)c(C)nn1C)NN. The Hall–Kier alpha value is -0.390. The van der Waals surface area contributed by atoms with Crippen LogP contribution in [0.1, 0.15) is 38.1 Å². The Morgan fingerprint density at radius 1 is 1.53 bits per heavy atom. The van der Waals surface area contributed by atoms with Crippen LogP contribution in [0, 0.1) is 12.8 Å². The molecule has 2 unspecified atom stereocenters. The van der Waals surface area contributed by atoms with Crippen LogP contribution in [0.25, 0.3) is 0 Å². The van der Waals surface area contributed by atoms with Gasteiger partial charge in [-0.1, -0.05) is 20.3 Å². The summed E-state index contributed by atoms with van der Waals surface area (Å²) >= 11 is 3.59. The van der Waals surface area contributed by atoms with Gasteiger partial charge in [-0.25, -0.2) is 0 Å². The van der Waals surface area contributed by atoms with E-state index < -0.39 is 0 Å². The van der Waals surface area contributed by atoms with E-state index in [2.05, 4.69) is 40.3 Å². The summed E-state index contributed by atoms with van der Waals surface area (Å²) in [7, 11) is 1.98. The predicted molar refractivity (Wildman–Crippen MR) is 74.5 cm³/mol. The third kappa shape index (κ3) is 3.79. The number of aromatic nitrogens is 2. The molecule has 0 aliphatic carbocycles. The fourth-order valence-electron chi connectivity index (χ4n) is 2.00. The summed E-state index contributed by atoms with van der Waals surface area (Å²) < 4.78 is 3.03. The van der Waals surface area contributed by atoms with Crippen LogP contribution in [-0.4, -0.2) is 15.8 Å². The molecule has 2 atom stereocenters. The molecule has 1 rings (SSSR count). The van der Waals surface area contributed by atoms with Gasteiger partial charge in [0.25, 0.3) is 0 Å². The molecule has 0 saturated heterocycles. The van der Waals surface area contributed by atoms with Crippen molar-refractivity contribution in [2.75, 3.05) is 0 Å². The zero-order chi connectivity index (χ0) is 13.0. The highest BCUT2D eigenvalue weighted by molar-refractivity contribution is 9.10. The first-order valence-corrected chi connectivity index (χ1v) is 6.92. The fourth-order valence-corrected chi connectivity index (χ4v) is 2.50. The molecule has 0 fully saturated rings. The molecule has 0 aliphatic rings. The molecule has 4 nitrogen and oxygen atoms in total. The highest BCUT2D eigenvalue weighted by Gasteiger charge is 2.17. The number of nitrogens with zero attached hydrogens (tertiary/aromatic N) is 2. The Morgan fingerprint density at radius 3 is 2.59 bits per heavy atom. The third-order valence-electron chi connectivity index (χ3n) is 3.32. The van der Waals surface area contributed by atoms with Crippen molar-refractivity contribution in [2.45, 2.75) is 46.1 Å². The van der Waals surface area contributed by atoms with Gasteiger partial charge in [-0.15, -0.1) is 0 Å². The second-order valence-corrected chi connectivity index (χ2v) is 5.58. The minimum atomic E-state index is 0.302. The van der Waals surface area contributed by atoms with Crippen LogP contribution in [0.5, 0.6) is 0 Å². The second-order valence-electron chi connectivity index (χ2n) is 4.79. The van der Waals surface area contributed by atoms with Crippen LogP contribution in [0.15, 0.2) is 4.47 Å². The number of hydrazine groups is 1. The van der Waals surface area contributed by atoms with Gasteiger partial charge < -0.3 is 0 Å². The van der Waals surface area contributed by atoms with Gasteiger partial charge >= 0.3 is 0 Å². The van der Waals surface area contributed by atoms with E-state index in [0.29, 0.717) is 12.0 Å². The van der Waals surface area contributed by atoms with Crippen LogP contribution in [0.2, 0.25) is 0 Å². The van der Waals surface area contributed by atoms with Crippen LogP contribution in [0.4, 0.5) is 0 Å². The number of aryl methyl sites for hydroxylation is 2. The normalized spacial score (nSPS) is 14.9. The van der Waals surface area contributed by atoms with Gasteiger partial charge in [-0.3, -0.25) is 16.0 Å². The molecule has 0 amide bonds. The molecular formula is C12H23BrN4. The fraction of sp³-hybridized carbons (Fsp3) is 0.750. The molecule has 0 aliphatic heterocycles. The lowest BCUT2D eigenvalue weighted by atomic mass is 9.97. The quantitative estimate of drug-likeness (QED) is 0.626. The molecule has 1 heterocycles. The summed E-state index contributed by atoms with van der Waals surface area (Å²) in [6, 6.07) is 0.302. The van der Waals surface area contributed by atoms with Gasteiger partial charge in [-0.05, 0) is 35.2 Å². The zero-order valence-electron chi connectivity index (χ0n) is 11.1.